The Morgan fingerprint density at radius 3 is 2.16 bits per heavy atom. The first-order chi connectivity index (χ1) is 12.1. The minimum atomic E-state index is -0.459. The van der Waals surface area contributed by atoms with Gasteiger partial charge in [0.2, 0.25) is 0 Å². The van der Waals surface area contributed by atoms with Crippen LogP contribution in [0.15, 0.2) is 72.8 Å². The number of hydrogen-bond acceptors (Lipinski definition) is 3. The SMILES string of the molecule is Cc1c(NC(=O)c2ccc(-c3ccccc3)cc2)cccc1[N+](=O)[O-]. The monoisotopic (exact) mass is 332 g/mol. The molecule has 5 nitrogen and oxygen atoms in total. The van der Waals surface area contributed by atoms with Crippen LogP contribution in [-0.2, 0) is 0 Å². The van der Waals surface area contributed by atoms with Crippen LogP contribution >= 0.6 is 0 Å². The van der Waals surface area contributed by atoms with Crippen molar-refractivity contribution in [2.45, 2.75) is 6.92 Å². The van der Waals surface area contributed by atoms with Crippen molar-refractivity contribution < 1.29 is 9.72 Å². The summed E-state index contributed by atoms with van der Waals surface area (Å²) in [6.45, 7) is 1.62. The summed E-state index contributed by atoms with van der Waals surface area (Å²) < 4.78 is 0. The molecule has 0 aliphatic rings. The maximum Gasteiger partial charge on any atom is 0.274 e. The van der Waals surface area contributed by atoms with E-state index in [4.69, 9.17) is 0 Å². The Morgan fingerprint density at radius 2 is 1.52 bits per heavy atom. The fraction of sp³-hybridized carbons (Fsp3) is 0.0500. The Kier molecular flexibility index (Phi) is 4.57. The summed E-state index contributed by atoms with van der Waals surface area (Å²) in [5, 5.41) is 13.7. The molecule has 0 radical (unpaired) electrons. The lowest BCUT2D eigenvalue weighted by molar-refractivity contribution is -0.385. The molecule has 0 heterocycles. The maximum absolute atomic E-state index is 12.4. The molecule has 1 N–H and O–H groups in total. The van der Waals surface area contributed by atoms with Gasteiger partial charge in [0.05, 0.1) is 16.2 Å². The second-order valence-electron chi connectivity index (χ2n) is 5.60. The molecule has 0 saturated carbocycles. The van der Waals surface area contributed by atoms with Crippen LogP contribution in [0, 0.1) is 17.0 Å². The molecular formula is C20H16N2O3. The van der Waals surface area contributed by atoms with Crippen molar-refractivity contribution in [3.8, 4) is 11.1 Å². The van der Waals surface area contributed by atoms with Crippen molar-refractivity contribution in [1.82, 2.24) is 0 Å². The highest BCUT2D eigenvalue weighted by molar-refractivity contribution is 6.05. The summed E-state index contributed by atoms with van der Waals surface area (Å²) in [4.78, 5) is 23.0. The Morgan fingerprint density at radius 1 is 0.880 bits per heavy atom. The van der Waals surface area contributed by atoms with Gasteiger partial charge >= 0.3 is 0 Å². The molecule has 0 spiro atoms. The molecular weight excluding hydrogens is 316 g/mol. The summed E-state index contributed by atoms with van der Waals surface area (Å²) in [6.07, 6.45) is 0. The number of anilines is 1. The average molecular weight is 332 g/mol. The van der Waals surface area contributed by atoms with E-state index in [2.05, 4.69) is 5.32 Å². The van der Waals surface area contributed by atoms with E-state index in [0.717, 1.165) is 11.1 Å². The molecule has 3 rings (SSSR count). The zero-order valence-electron chi connectivity index (χ0n) is 13.6. The highest BCUT2D eigenvalue weighted by atomic mass is 16.6. The van der Waals surface area contributed by atoms with Gasteiger partial charge in [0, 0.05) is 11.6 Å². The third-order valence-electron chi connectivity index (χ3n) is 4.00. The number of rotatable bonds is 4. The molecule has 0 atom stereocenters. The van der Waals surface area contributed by atoms with Gasteiger partial charge in [0.25, 0.3) is 11.6 Å². The second-order valence-corrected chi connectivity index (χ2v) is 5.60. The van der Waals surface area contributed by atoms with Crippen molar-refractivity contribution in [3.63, 3.8) is 0 Å². The topological polar surface area (TPSA) is 72.2 Å². The first-order valence-electron chi connectivity index (χ1n) is 7.77. The Hall–Kier alpha value is -3.47. The maximum atomic E-state index is 12.4. The normalized spacial score (nSPS) is 10.3. The van der Waals surface area contributed by atoms with Gasteiger partial charge in [-0.2, -0.15) is 0 Å². The van der Waals surface area contributed by atoms with Gasteiger partial charge in [0.1, 0.15) is 0 Å². The highest BCUT2D eigenvalue weighted by Crippen LogP contribution is 2.26. The molecule has 3 aromatic rings. The van der Waals surface area contributed by atoms with Crippen molar-refractivity contribution in [2.24, 2.45) is 0 Å². The second kappa shape index (κ2) is 6.97. The fourth-order valence-electron chi connectivity index (χ4n) is 2.60. The third kappa shape index (κ3) is 3.55. The van der Waals surface area contributed by atoms with E-state index in [-0.39, 0.29) is 11.6 Å². The largest absolute Gasteiger partial charge is 0.321 e. The molecule has 5 heteroatoms. The summed E-state index contributed by atoms with van der Waals surface area (Å²) in [5.41, 5.74) is 3.43. The summed E-state index contributed by atoms with van der Waals surface area (Å²) in [5.74, 6) is -0.303. The van der Waals surface area contributed by atoms with E-state index in [1.807, 2.05) is 42.5 Å². The minimum Gasteiger partial charge on any atom is -0.321 e. The number of carbonyl (C=O) groups is 1. The molecule has 0 aliphatic carbocycles. The van der Waals surface area contributed by atoms with Gasteiger partial charge in [-0.3, -0.25) is 14.9 Å². The molecule has 124 valence electrons. The number of nitro groups is 1. The van der Waals surface area contributed by atoms with Gasteiger partial charge in [0.15, 0.2) is 0 Å². The fourth-order valence-corrected chi connectivity index (χ4v) is 2.60. The molecule has 0 fully saturated rings. The van der Waals surface area contributed by atoms with Crippen molar-refractivity contribution in [1.29, 1.82) is 0 Å². The van der Waals surface area contributed by atoms with E-state index < -0.39 is 4.92 Å². The summed E-state index contributed by atoms with van der Waals surface area (Å²) >= 11 is 0. The van der Waals surface area contributed by atoms with Gasteiger partial charge in [-0.05, 0) is 36.2 Å². The minimum absolute atomic E-state index is 0.0165. The van der Waals surface area contributed by atoms with Crippen LogP contribution < -0.4 is 5.32 Å². The number of benzene rings is 3. The van der Waals surface area contributed by atoms with Crippen LogP contribution in [0.5, 0.6) is 0 Å². The van der Waals surface area contributed by atoms with E-state index in [9.17, 15) is 14.9 Å². The van der Waals surface area contributed by atoms with Gasteiger partial charge in [-0.25, -0.2) is 0 Å². The zero-order chi connectivity index (χ0) is 17.8. The van der Waals surface area contributed by atoms with Gasteiger partial charge in [-0.15, -0.1) is 0 Å². The summed E-state index contributed by atoms with van der Waals surface area (Å²) in [6, 6.07) is 21.7. The smallest absolute Gasteiger partial charge is 0.274 e. The molecule has 0 saturated heterocycles. The zero-order valence-corrected chi connectivity index (χ0v) is 13.6. The van der Waals surface area contributed by atoms with Crippen LogP contribution in [0.25, 0.3) is 11.1 Å². The highest BCUT2D eigenvalue weighted by Gasteiger charge is 2.15. The van der Waals surface area contributed by atoms with Crippen LogP contribution in [0.4, 0.5) is 11.4 Å². The van der Waals surface area contributed by atoms with Gasteiger partial charge < -0.3 is 5.32 Å². The van der Waals surface area contributed by atoms with Crippen LogP contribution in [0.2, 0.25) is 0 Å². The first-order valence-corrected chi connectivity index (χ1v) is 7.77. The molecule has 3 aromatic carbocycles. The third-order valence-corrected chi connectivity index (χ3v) is 4.00. The van der Waals surface area contributed by atoms with E-state index in [1.165, 1.54) is 6.07 Å². The number of nitrogens with one attached hydrogen (secondary N) is 1. The van der Waals surface area contributed by atoms with Crippen molar-refractivity contribution in [2.75, 3.05) is 5.32 Å². The first kappa shape index (κ1) is 16.4. The number of carbonyl (C=O) groups excluding carboxylic acids is 1. The Labute approximate surface area is 145 Å². The summed E-state index contributed by atoms with van der Waals surface area (Å²) in [7, 11) is 0. The predicted molar refractivity (Wildman–Crippen MR) is 97.7 cm³/mol. The van der Waals surface area contributed by atoms with E-state index in [0.29, 0.717) is 16.8 Å². The Balaban J connectivity index is 1.80. The van der Waals surface area contributed by atoms with Crippen molar-refractivity contribution in [3.05, 3.63) is 94.0 Å². The van der Waals surface area contributed by atoms with Gasteiger partial charge in [-0.1, -0.05) is 48.5 Å². The van der Waals surface area contributed by atoms with Crippen LogP contribution in [-0.4, -0.2) is 10.8 Å². The lowest BCUT2D eigenvalue weighted by atomic mass is 10.0. The lowest BCUT2D eigenvalue weighted by Crippen LogP contribution is -2.13. The number of nitro benzene ring substituents is 1. The van der Waals surface area contributed by atoms with Crippen LogP contribution in [0.1, 0.15) is 15.9 Å². The Bertz CT molecular complexity index is 919. The molecule has 0 aromatic heterocycles. The number of hydrogen-bond donors (Lipinski definition) is 1. The van der Waals surface area contributed by atoms with E-state index in [1.54, 1.807) is 31.2 Å². The van der Waals surface area contributed by atoms with E-state index >= 15 is 0 Å². The molecule has 1 amide bonds. The number of nitrogens with zero attached hydrogens (tertiary/aromatic N) is 1. The van der Waals surface area contributed by atoms with Crippen molar-refractivity contribution >= 4 is 17.3 Å². The molecule has 0 aliphatic heterocycles. The quantitative estimate of drug-likeness (QED) is 0.550. The molecule has 0 unspecified atom stereocenters. The average Bonchev–Trinajstić information content (AvgIpc) is 2.64. The number of amides is 1. The standard InChI is InChI=1S/C20H16N2O3/c1-14-18(8-5-9-19(14)22(24)25)21-20(23)17-12-10-16(11-13-17)15-6-3-2-4-7-15/h2-13H,1H3,(H,21,23). The predicted octanol–water partition coefficient (Wildman–Crippen LogP) is 4.82. The van der Waals surface area contributed by atoms with Crippen LogP contribution in [0.3, 0.4) is 0 Å². The molecule has 25 heavy (non-hydrogen) atoms. The lowest BCUT2D eigenvalue weighted by Gasteiger charge is -2.09. The molecule has 0 bridgehead atoms.